The first kappa shape index (κ1) is 23.7. The molecule has 0 aromatic heterocycles. The van der Waals surface area contributed by atoms with Gasteiger partial charge in [-0.15, -0.1) is 0 Å². The van der Waals surface area contributed by atoms with Gasteiger partial charge in [0.1, 0.15) is 5.75 Å². The van der Waals surface area contributed by atoms with E-state index >= 15 is 0 Å². The Balaban J connectivity index is 2.43. The van der Waals surface area contributed by atoms with Gasteiger partial charge in [0.25, 0.3) is 0 Å². The summed E-state index contributed by atoms with van der Waals surface area (Å²) in [7, 11) is 0. The number of carbonyl (C=O) groups is 2. The van der Waals surface area contributed by atoms with Gasteiger partial charge in [-0.1, -0.05) is 13.2 Å². The summed E-state index contributed by atoms with van der Waals surface area (Å²) in [5.74, 6) is 0.153. The van der Waals surface area contributed by atoms with Crippen molar-refractivity contribution < 1.29 is 24.0 Å². The van der Waals surface area contributed by atoms with Gasteiger partial charge in [-0.2, -0.15) is 0 Å². The molecule has 29 heavy (non-hydrogen) atoms. The normalized spacial score (nSPS) is 9.93. The van der Waals surface area contributed by atoms with Gasteiger partial charge in [0.15, 0.2) is 0 Å². The molecule has 2 N–H and O–H groups in total. The van der Waals surface area contributed by atoms with Gasteiger partial charge in [-0.25, -0.2) is 0 Å². The molecule has 1 rings (SSSR count). The molecule has 0 saturated carbocycles. The summed E-state index contributed by atoms with van der Waals surface area (Å²) in [6, 6.07) is 4.37. The number of ether oxygens (including phenoxy) is 2. The Morgan fingerprint density at radius 2 is 1.52 bits per heavy atom. The first-order valence-corrected chi connectivity index (χ1v) is 9.32. The molecule has 0 heterocycles. The lowest BCUT2D eigenvalue weighted by Crippen LogP contribution is -2.22. The van der Waals surface area contributed by atoms with Crippen molar-refractivity contribution in [3.63, 3.8) is 0 Å². The molecule has 2 amide bonds. The highest BCUT2D eigenvalue weighted by Gasteiger charge is 2.16. The number of hydrogen-bond acceptors (Lipinski definition) is 6. The van der Waals surface area contributed by atoms with E-state index in [1.54, 1.807) is 0 Å². The van der Waals surface area contributed by atoms with Gasteiger partial charge in [-0.05, 0) is 43.9 Å². The first-order valence-electron chi connectivity index (χ1n) is 9.32. The van der Waals surface area contributed by atoms with Crippen molar-refractivity contribution in [1.82, 2.24) is 10.6 Å². The fourth-order valence-corrected chi connectivity index (χ4v) is 2.24. The summed E-state index contributed by atoms with van der Waals surface area (Å²) in [6.07, 6.45) is 5.15. The summed E-state index contributed by atoms with van der Waals surface area (Å²) < 4.78 is 11.2. The lowest BCUT2D eigenvalue weighted by atomic mass is 10.2. The highest BCUT2D eigenvalue weighted by Crippen LogP contribution is 2.31. The average Bonchev–Trinajstić information content (AvgIpc) is 2.72. The number of nitrogens with zero attached hydrogens (tertiary/aromatic N) is 1. The van der Waals surface area contributed by atoms with Crippen LogP contribution in [0.1, 0.15) is 25.7 Å². The van der Waals surface area contributed by atoms with Crippen LogP contribution in [0.2, 0.25) is 0 Å². The molecular formula is C20H27N3O6. The largest absolute Gasteiger partial charge is 0.493 e. The zero-order valence-corrected chi connectivity index (χ0v) is 16.4. The zero-order chi connectivity index (χ0) is 21.5. The number of benzene rings is 1. The number of unbranched alkanes of at least 4 members (excludes halogenated alkanes) is 2. The lowest BCUT2D eigenvalue weighted by molar-refractivity contribution is -0.385. The first-order chi connectivity index (χ1) is 14.0. The summed E-state index contributed by atoms with van der Waals surface area (Å²) in [5.41, 5.74) is -0.135. The van der Waals surface area contributed by atoms with Gasteiger partial charge >= 0.3 is 5.69 Å². The van der Waals surface area contributed by atoms with Gasteiger partial charge in [0.05, 0.1) is 18.1 Å². The summed E-state index contributed by atoms with van der Waals surface area (Å²) in [4.78, 5) is 32.7. The Labute approximate surface area is 169 Å². The molecular weight excluding hydrogens is 378 g/mol. The van der Waals surface area contributed by atoms with Crippen LogP contribution in [0.25, 0.3) is 0 Å². The minimum atomic E-state index is -0.508. The Bertz CT molecular complexity index is 720. The van der Waals surface area contributed by atoms with Crippen molar-refractivity contribution in [3.05, 3.63) is 53.6 Å². The van der Waals surface area contributed by atoms with Gasteiger partial charge in [0, 0.05) is 25.2 Å². The second-order valence-corrected chi connectivity index (χ2v) is 5.99. The summed E-state index contributed by atoms with van der Waals surface area (Å²) >= 11 is 0. The standard InChI is InChI=1S/C20H27N3O6/c1-3-19(24)21-11-5-7-13-28-16-9-10-17(23(26)27)18(15-16)29-14-8-6-12-22-20(25)4-2/h3-4,9-10,15H,1-2,5-8,11-14H2,(H,21,24)(H,22,25). The smallest absolute Gasteiger partial charge is 0.311 e. The minimum absolute atomic E-state index is 0.135. The van der Waals surface area contributed by atoms with Crippen LogP contribution < -0.4 is 20.1 Å². The third-order valence-corrected chi connectivity index (χ3v) is 3.77. The molecule has 0 atom stereocenters. The molecule has 0 bridgehead atoms. The second-order valence-electron chi connectivity index (χ2n) is 5.99. The van der Waals surface area contributed by atoms with Crippen molar-refractivity contribution in [2.75, 3.05) is 26.3 Å². The molecule has 0 radical (unpaired) electrons. The van der Waals surface area contributed by atoms with Crippen molar-refractivity contribution >= 4 is 17.5 Å². The highest BCUT2D eigenvalue weighted by molar-refractivity contribution is 5.87. The van der Waals surface area contributed by atoms with Crippen molar-refractivity contribution in [3.8, 4) is 11.5 Å². The van der Waals surface area contributed by atoms with Crippen molar-refractivity contribution in [2.45, 2.75) is 25.7 Å². The van der Waals surface area contributed by atoms with Crippen LogP contribution in [0.3, 0.4) is 0 Å². The monoisotopic (exact) mass is 405 g/mol. The average molecular weight is 405 g/mol. The molecule has 0 unspecified atom stereocenters. The zero-order valence-electron chi connectivity index (χ0n) is 16.4. The van der Waals surface area contributed by atoms with Crippen molar-refractivity contribution in [1.29, 1.82) is 0 Å². The molecule has 158 valence electrons. The van der Waals surface area contributed by atoms with Crippen LogP contribution in [-0.4, -0.2) is 43.0 Å². The summed E-state index contributed by atoms with van der Waals surface area (Å²) in [5, 5.41) is 16.5. The van der Waals surface area contributed by atoms with Crippen LogP contribution in [0.5, 0.6) is 11.5 Å². The van der Waals surface area contributed by atoms with Gasteiger partial charge in [-0.3, -0.25) is 19.7 Å². The van der Waals surface area contributed by atoms with Crippen LogP contribution in [0.15, 0.2) is 43.5 Å². The predicted octanol–water partition coefficient (Wildman–Crippen LogP) is 2.52. The minimum Gasteiger partial charge on any atom is -0.493 e. The van der Waals surface area contributed by atoms with Crippen LogP contribution in [-0.2, 0) is 9.59 Å². The van der Waals surface area contributed by atoms with E-state index in [0.717, 1.165) is 6.42 Å². The topological polar surface area (TPSA) is 120 Å². The van der Waals surface area contributed by atoms with E-state index in [0.29, 0.717) is 44.7 Å². The van der Waals surface area contributed by atoms with E-state index < -0.39 is 4.92 Å². The maximum Gasteiger partial charge on any atom is 0.311 e. The molecule has 0 fully saturated rings. The fourth-order valence-electron chi connectivity index (χ4n) is 2.24. The van der Waals surface area contributed by atoms with Crippen molar-refractivity contribution in [2.24, 2.45) is 0 Å². The molecule has 0 aliphatic rings. The van der Waals surface area contributed by atoms with E-state index in [4.69, 9.17) is 9.47 Å². The number of carbonyl (C=O) groups excluding carboxylic acids is 2. The van der Waals surface area contributed by atoms with Crippen LogP contribution in [0.4, 0.5) is 5.69 Å². The van der Waals surface area contributed by atoms with E-state index in [2.05, 4.69) is 23.8 Å². The summed E-state index contributed by atoms with van der Waals surface area (Å²) in [6.45, 7) is 8.42. The predicted molar refractivity (Wildman–Crippen MR) is 109 cm³/mol. The lowest BCUT2D eigenvalue weighted by Gasteiger charge is -2.10. The molecule has 9 heteroatoms. The fraction of sp³-hybridized carbons (Fsp3) is 0.400. The number of rotatable bonds is 15. The van der Waals surface area contributed by atoms with E-state index in [-0.39, 0.29) is 29.9 Å². The highest BCUT2D eigenvalue weighted by atomic mass is 16.6. The maximum atomic E-state index is 11.2. The van der Waals surface area contributed by atoms with E-state index in [1.807, 2.05) is 0 Å². The maximum absolute atomic E-state index is 11.2. The Morgan fingerprint density at radius 3 is 2.03 bits per heavy atom. The molecule has 1 aromatic carbocycles. The Hall–Kier alpha value is -3.36. The molecule has 0 saturated heterocycles. The number of nitrogens with one attached hydrogen (secondary N) is 2. The van der Waals surface area contributed by atoms with Gasteiger partial charge < -0.3 is 20.1 Å². The third-order valence-electron chi connectivity index (χ3n) is 3.77. The Kier molecular flexibility index (Phi) is 11.2. The number of hydrogen-bond donors (Lipinski definition) is 2. The molecule has 0 aliphatic heterocycles. The van der Waals surface area contributed by atoms with Crippen LogP contribution >= 0.6 is 0 Å². The molecule has 0 spiro atoms. The Morgan fingerprint density at radius 1 is 0.966 bits per heavy atom. The third kappa shape index (κ3) is 9.94. The molecule has 0 aliphatic carbocycles. The van der Waals surface area contributed by atoms with E-state index in [1.165, 1.54) is 30.4 Å². The quantitative estimate of drug-likeness (QED) is 0.200. The van der Waals surface area contributed by atoms with E-state index in [9.17, 15) is 19.7 Å². The number of amides is 2. The van der Waals surface area contributed by atoms with Gasteiger partial charge in [0.2, 0.25) is 17.6 Å². The van der Waals surface area contributed by atoms with Crippen LogP contribution in [0, 0.1) is 10.1 Å². The molecule has 9 nitrogen and oxygen atoms in total. The number of nitro benzene ring substituents is 1. The molecule has 1 aromatic rings. The second kappa shape index (κ2) is 13.8. The number of nitro groups is 1. The SMILES string of the molecule is C=CC(=O)NCCCCOc1ccc([N+](=O)[O-])c(OCCCCNC(=O)C=C)c1.